The third kappa shape index (κ3) is 2.84. The molecular formula is C12H9ClFIN2O. The monoisotopic (exact) mass is 378 g/mol. The number of halogens is 3. The Hall–Kier alpha value is -1.08. The highest BCUT2D eigenvalue weighted by Gasteiger charge is 2.07. The number of hydrogen-bond donors (Lipinski definition) is 2. The summed E-state index contributed by atoms with van der Waals surface area (Å²) >= 11 is 7.92. The first kappa shape index (κ1) is 13.4. The standard InChI is InChI=1S/C12H9ClFIN2O/c1-6-8(13)5-11(12(18)16-6)17-10-3-2-7(15)4-9(10)14/h2-5,17H,1H3,(H,16,18). The Morgan fingerprint density at radius 1 is 1.33 bits per heavy atom. The summed E-state index contributed by atoms with van der Waals surface area (Å²) in [6, 6.07) is 6.18. The van der Waals surface area contributed by atoms with Crippen molar-refractivity contribution in [2.45, 2.75) is 6.92 Å². The minimum atomic E-state index is -0.419. The SMILES string of the molecule is Cc1[nH]c(=O)c(Nc2ccc(I)cc2F)cc1Cl. The van der Waals surface area contributed by atoms with Crippen LogP contribution in [0.1, 0.15) is 5.69 Å². The van der Waals surface area contributed by atoms with Gasteiger partial charge in [0.1, 0.15) is 11.5 Å². The van der Waals surface area contributed by atoms with Crippen molar-refractivity contribution in [1.29, 1.82) is 0 Å². The molecule has 0 saturated carbocycles. The Morgan fingerprint density at radius 3 is 2.72 bits per heavy atom. The van der Waals surface area contributed by atoms with Crippen molar-refractivity contribution in [2.24, 2.45) is 0 Å². The molecule has 1 heterocycles. The first-order valence-corrected chi connectivity index (χ1v) is 6.54. The highest BCUT2D eigenvalue weighted by molar-refractivity contribution is 14.1. The van der Waals surface area contributed by atoms with E-state index < -0.39 is 5.82 Å². The second-order valence-corrected chi connectivity index (χ2v) is 5.39. The van der Waals surface area contributed by atoms with Gasteiger partial charge in [-0.25, -0.2) is 4.39 Å². The normalized spacial score (nSPS) is 10.4. The van der Waals surface area contributed by atoms with Crippen LogP contribution >= 0.6 is 34.2 Å². The van der Waals surface area contributed by atoms with E-state index in [0.29, 0.717) is 10.7 Å². The molecule has 6 heteroatoms. The van der Waals surface area contributed by atoms with Gasteiger partial charge in [0, 0.05) is 9.26 Å². The lowest BCUT2D eigenvalue weighted by Gasteiger charge is -2.08. The van der Waals surface area contributed by atoms with Crippen molar-refractivity contribution in [1.82, 2.24) is 4.98 Å². The molecule has 0 fully saturated rings. The van der Waals surface area contributed by atoms with Crippen molar-refractivity contribution in [3.05, 3.63) is 54.7 Å². The van der Waals surface area contributed by atoms with Crippen LogP contribution in [0.5, 0.6) is 0 Å². The van der Waals surface area contributed by atoms with Crippen molar-refractivity contribution in [2.75, 3.05) is 5.32 Å². The molecule has 0 radical (unpaired) electrons. The highest BCUT2D eigenvalue weighted by Crippen LogP contribution is 2.22. The first-order valence-electron chi connectivity index (χ1n) is 5.09. The first-order chi connectivity index (χ1) is 8.47. The Balaban J connectivity index is 2.40. The molecule has 0 aliphatic rings. The van der Waals surface area contributed by atoms with Crippen LogP contribution < -0.4 is 10.9 Å². The average Bonchev–Trinajstić information content (AvgIpc) is 2.29. The van der Waals surface area contributed by atoms with E-state index >= 15 is 0 Å². The molecule has 18 heavy (non-hydrogen) atoms. The molecule has 0 unspecified atom stereocenters. The molecule has 2 N–H and O–H groups in total. The number of anilines is 2. The van der Waals surface area contributed by atoms with Gasteiger partial charge in [-0.2, -0.15) is 0 Å². The van der Waals surface area contributed by atoms with Gasteiger partial charge in [-0.3, -0.25) is 4.79 Å². The van der Waals surface area contributed by atoms with E-state index in [4.69, 9.17) is 11.6 Å². The van der Waals surface area contributed by atoms with Crippen molar-refractivity contribution >= 4 is 45.6 Å². The lowest BCUT2D eigenvalue weighted by Crippen LogP contribution is -2.13. The van der Waals surface area contributed by atoms with Crippen LogP contribution in [0.25, 0.3) is 0 Å². The summed E-state index contributed by atoms with van der Waals surface area (Å²) in [5.41, 5.74) is 0.691. The molecule has 0 saturated heterocycles. The number of H-pyrrole nitrogens is 1. The number of nitrogens with one attached hydrogen (secondary N) is 2. The zero-order valence-corrected chi connectivity index (χ0v) is 12.3. The van der Waals surface area contributed by atoms with Gasteiger partial charge >= 0.3 is 0 Å². The maximum Gasteiger partial charge on any atom is 0.271 e. The fourth-order valence-electron chi connectivity index (χ4n) is 1.43. The molecule has 2 rings (SSSR count). The molecular weight excluding hydrogens is 370 g/mol. The van der Waals surface area contributed by atoms with Gasteiger partial charge < -0.3 is 10.3 Å². The second kappa shape index (κ2) is 5.27. The predicted molar refractivity (Wildman–Crippen MR) is 79.2 cm³/mol. The number of benzene rings is 1. The summed E-state index contributed by atoms with van der Waals surface area (Å²) in [4.78, 5) is 14.3. The van der Waals surface area contributed by atoms with Crippen LogP contribution in [-0.2, 0) is 0 Å². The van der Waals surface area contributed by atoms with Gasteiger partial charge in [0.2, 0.25) is 0 Å². The fraction of sp³-hybridized carbons (Fsp3) is 0.0833. The average molecular weight is 379 g/mol. The number of aryl methyl sites for hydroxylation is 1. The summed E-state index contributed by atoms with van der Waals surface area (Å²) in [5, 5.41) is 3.15. The largest absolute Gasteiger partial charge is 0.349 e. The van der Waals surface area contributed by atoms with Crippen LogP contribution in [-0.4, -0.2) is 4.98 Å². The molecule has 94 valence electrons. The molecule has 0 amide bonds. The molecule has 0 atom stereocenters. The second-order valence-electron chi connectivity index (χ2n) is 3.73. The molecule has 3 nitrogen and oxygen atoms in total. The van der Waals surface area contributed by atoms with Crippen LogP contribution in [0.4, 0.5) is 15.8 Å². The lowest BCUT2D eigenvalue weighted by molar-refractivity contribution is 0.631. The number of rotatable bonds is 2. The van der Waals surface area contributed by atoms with Gasteiger partial charge in [-0.15, -0.1) is 0 Å². The third-order valence-corrected chi connectivity index (χ3v) is 3.44. The smallest absolute Gasteiger partial charge is 0.271 e. The maximum absolute atomic E-state index is 13.6. The zero-order valence-electron chi connectivity index (χ0n) is 9.35. The van der Waals surface area contributed by atoms with E-state index in [1.165, 1.54) is 12.1 Å². The Morgan fingerprint density at radius 2 is 2.06 bits per heavy atom. The van der Waals surface area contributed by atoms with Crippen molar-refractivity contribution < 1.29 is 4.39 Å². The predicted octanol–water partition coefficient (Wildman–Crippen LogP) is 3.82. The van der Waals surface area contributed by atoms with E-state index in [1.54, 1.807) is 19.1 Å². The van der Waals surface area contributed by atoms with Crippen molar-refractivity contribution in [3.63, 3.8) is 0 Å². The quantitative estimate of drug-likeness (QED) is 0.780. The molecule has 1 aromatic heterocycles. The Bertz CT molecular complexity index is 657. The summed E-state index contributed by atoms with van der Waals surface area (Å²) in [6.45, 7) is 1.69. The fourth-order valence-corrected chi connectivity index (χ4v) is 2.04. The highest BCUT2D eigenvalue weighted by atomic mass is 127. The van der Waals surface area contributed by atoms with Crippen LogP contribution in [0.2, 0.25) is 5.02 Å². The summed E-state index contributed by atoms with van der Waals surface area (Å²) in [5.74, 6) is -0.419. The number of hydrogen-bond acceptors (Lipinski definition) is 2. The number of aromatic amines is 1. The zero-order chi connectivity index (χ0) is 13.3. The van der Waals surface area contributed by atoms with E-state index in [0.717, 1.165) is 3.57 Å². The molecule has 1 aromatic carbocycles. The van der Waals surface area contributed by atoms with Gasteiger partial charge in [-0.1, -0.05) is 11.6 Å². The van der Waals surface area contributed by atoms with Crippen LogP contribution in [0, 0.1) is 16.3 Å². The molecule has 0 aliphatic heterocycles. The minimum Gasteiger partial charge on any atom is -0.349 e. The van der Waals surface area contributed by atoms with Gasteiger partial charge in [0.05, 0.1) is 10.7 Å². The van der Waals surface area contributed by atoms with Crippen LogP contribution in [0.15, 0.2) is 29.1 Å². The summed E-state index contributed by atoms with van der Waals surface area (Å²) in [6.07, 6.45) is 0. The summed E-state index contributed by atoms with van der Waals surface area (Å²) in [7, 11) is 0. The summed E-state index contributed by atoms with van der Waals surface area (Å²) < 4.78 is 14.4. The van der Waals surface area contributed by atoms with Gasteiger partial charge in [-0.05, 0) is 53.8 Å². The van der Waals surface area contributed by atoms with Crippen LogP contribution in [0.3, 0.4) is 0 Å². The number of aromatic nitrogens is 1. The molecule has 0 bridgehead atoms. The Kier molecular flexibility index (Phi) is 3.91. The maximum atomic E-state index is 13.6. The van der Waals surface area contributed by atoms with E-state index in [2.05, 4.69) is 10.3 Å². The van der Waals surface area contributed by atoms with E-state index in [9.17, 15) is 9.18 Å². The Labute approximate surface area is 122 Å². The molecule has 2 aromatic rings. The third-order valence-electron chi connectivity index (χ3n) is 2.38. The van der Waals surface area contributed by atoms with Gasteiger partial charge in [0.25, 0.3) is 5.56 Å². The lowest BCUT2D eigenvalue weighted by atomic mass is 10.3. The van der Waals surface area contributed by atoms with E-state index in [1.807, 2.05) is 22.6 Å². The molecule has 0 aliphatic carbocycles. The molecule has 0 spiro atoms. The number of pyridine rings is 1. The van der Waals surface area contributed by atoms with Crippen molar-refractivity contribution in [3.8, 4) is 0 Å². The van der Waals surface area contributed by atoms with Gasteiger partial charge in [0.15, 0.2) is 0 Å². The topological polar surface area (TPSA) is 44.9 Å². The minimum absolute atomic E-state index is 0.214. The van der Waals surface area contributed by atoms with E-state index in [-0.39, 0.29) is 16.9 Å².